The Morgan fingerprint density at radius 1 is 1.28 bits per heavy atom. The van der Waals surface area contributed by atoms with Gasteiger partial charge >= 0.3 is 0 Å². The second-order valence-electron chi connectivity index (χ2n) is 7.21. The second-order valence-corrected chi connectivity index (χ2v) is 7.21. The predicted octanol–water partition coefficient (Wildman–Crippen LogP) is 1.37. The number of nitrogens with two attached hydrogens (primary N) is 1. The van der Waals surface area contributed by atoms with Gasteiger partial charge in [-0.1, -0.05) is 18.2 Å². The van der Waals surface area contributed by atoms with E-state index < -0.39 is 17.4 Å². The molecule has 2 aromatic rings. The van der Waals surface area contributed by atoms with Crippen molar-refractivity contribution in [3.63, 3.8) is 0 Å². The van der Waals surface area contributed by atoms with Gasteiger partial charge in [-0.2, -0.15) is 0 Å². The summed E-state index contributed by atoms with van der Waals surface area (Å²) < 4.78 is 5.53. The van der Waals surface area contributed by atoms with Crippen molar-refractivity contribution in [2.24, 2.45) is 5.73 Å². The lowest BCUT2D eigenvalue weighted by Crippen LogP contribution is -2.39. The molecule has 2 aromatic carbocycles. The molecule has 2 aliphatic rings. The molecule has 5 N–H and O–H groups in total. The third-order valence-electron chi connectivity index (χ3n) is 5.46. The maximum Gasteiger partial charge on any atom is 0.248 e. The summed E-state index contributed by atoms with van der Waals surface area (Å²) in [6.45, 7) is 2.62. The maximum atomic E-state index is 12.9. The molecule has 0 aromatic heterocycles. The van der Waals surface area contributed by atoms with Gasteiger partial charge in [-0.3, -0.25) is 14.4 Å². The molecule has 29 heavy (non-hydrogen) atoms. The smallest absolute Gasteiger partial charge is 0.248 e. The fourth-order valence-corrected chi connectivity index (χ4v) is 4.00. The molecule has 1 fully saturated rings. The predicted molar refractivity (Wildman–Crippen MR) is 108 cm³/mol. The molecule has 4 rings (SSSR count). The van der Waals surface area contributed by atoms with E-state index in [9.17, 15) is 14.4 Å². The summed E-state index contributed by atoms with van der Waals surface area (Å²) in [5.41, 5.74) is 7.10. The largest absolute Gasteiger partial charge is 0.492 e. The molecule has 0 bridgehead atoms. The fourth-order valence-electron chi connectivity index (χ4n) is 4.00. The third-order valence-corrected chi connectivity index (χ3v) is 5.46. The zero-order valence-electron chi connectivity index (χ0n) is 16.0. The lowest BCUT2D eigenvalue weighted by Gasteiger charge is -2.20. The number of rotatable bonds is 5. The van der Waals surface area contributed by atoms with Gasteiger partial charge in [0.25, 0.3) is 0 Å². The van der Waals surface area contributed by atoms with Crippen LogP contribution in [0.1, 0.15) is 29.3 Å². The van der Waals surface area contributed by atoms with Crippen LogP contribution >= 0.6 is 0 Å². The monoisotopic (exact) mass is 394 g/mol. The number of anilines is 2. The van der Waals surface area contributed by atoms with Crippen LogP contribution in [0.25, 0.3) is 0 Å². The number of ether oxygens (including phenoxy) is 1. The number of carbonyl (C=O) groups excluding carboxylic acids is 3. The van der Waals surface area contributed by atoms with Crippen LogP contribution in [0.3, 0.4) is 0 Å². The van der Waals surface area contributed by atoms with Crippen LogP contribution in [-0.2, 0) is 15.0 Å². The molecule has 1 spiro atoms. The summed E-state index contributed by atoms with van der Waals surface area (Å²) in [7, 11) is 0. The van der Waals surface area contributed by atoms with Crippen molar-refractivity contribution in [1.29, 1.82) is 0 Å². The molecule has 0 saturated carbocycles. The lowest BCUT2D eigenvalue weighted by atomic mass is 9.79. The highest BCUT2D eigenvalue weighted by Gasteiger charge is 2.53. The molecule has 1 saturated heterocycles. The van der Waals surface area contributed by atoms with E-state index in [0.29, 0.717) is 31.0 Å². The molecular formula is C21H22N4O4. The first-order chi connectivity index (χ1) is 13.9. The number of hydrogen-bond donors (Lipinski definition) is 4. The molecule has 8 heteroatoms. The van der Waals surface area contributed by atoms with Crippen LogP contribution < -0.4 is 26.4 Å². The Morgan fingerprint density at radius 2 is 2.07 bits per heavy atom. The van der Waals surface area contributed by atoms with Crippen LogP contribution in [0.4, 0.5) is 11.4 Å². The van der Waals surface area contributed by atoms with E-state index in [2.05, 4.69) is 16.0 Å². The Balaban J connectivity index is 1.55. The number of primary amides is 1. The van der Waals surface area contributed by atoms with Crippen LogP contribution in [-0.4, -0.2) is 36.9 Å². The van der Waals surface area contributed by atoms with Gasteiger partial charge in [0.15, 0.2) is 0 Å². The van der Waals surface area contributed by atoms with E-state index in [0.717, 1.165) is 11.3 Å². The molecule has 150 valence electrons. The second kappa shape index (κ2) is 7.12. The summed E-state index contributed by atoms with van der Waals surface area (Å²) in [5.74, 6) is -0.734. The number of carbonyl (C=O) groups is 3. The molecule has 2 atom stereocenters. The first-order valence-corrected chi connectivity index (χ1v) is 9.46. The highest BCUT2D eigenvalue weighted by Crippen LogP contribution is 2.43. The Labute approximate surface area is 167 Å². The SMILES string of the molecule is CCOc1cc(C(N)=O)ccc1NC(=O)C1CC2(CNc3ccccc32)C(=O)N1. The minimum absolute atomic E-state index is 0.163. The zero-order valence-corrected chi connectivity index (χ0v) is 16.0. The van der Waals surface area contributed by atoms with E-state index in [1.165, 1.54) is 12.1 Å². The molecule has 3 amide bonds. The highest BCUT2D eigenvalue weighted by atomic mass is 16.5. The van der Waals surface area contributed by atoms with Crippen molar-refractivity contribution in [2.45, 2.75) is 24.8 Å². The van der Waals surface area contributed by atoms with Gasteiger partial charge in [0.2, 0.25) is 17.7 Å². The number of fused-ring (bicyclic) bond motifs is 2. The van der Waals surface area contributed by atoms with Crippen LogP contribution in [0, 0.1) is 0 Å². The number of para-hydroxylation sites is 1. The van der Waals surface area contributed by atoms with Crippen molar-refractivity contribution in [3.05, 3.63) is 53.6 Å². The summed E-state index contributed by atoms with van der Waals surface area (Å²) >= 11 is 0. The molecule has 0 aliphatic carbocycles. The minimum atomic E-state index is -0.753. The quantitative estimate of drug-likeness (QED) is 0.610. The summed E-state index contributed by atoms with van der Waals surface area (Å²) in [5, 5.41) is 8.88. The fraction of sp³-hybridized carbons (Fsp3) is 0.286. The molecular weight excluding hydrogens is 372 g/mol. The number of nitrogens with one attached hydrogen (secondary N) is 3. The minimum Gasteiger partial charge on any atom is -0.492 e. The van der Waals surface area contributed by atoms with Crippen molar-refractivity contribution in [3.8, 4) is 5.75 Å². The Morgan fingerprint density at radius 3 is 2.83 bits per heavy atom. The molecule has 2 heterocycles. The molecule has 0 radical (unpaired) electrons. The Bertz CT molecular complexity index is 1010. The molecule has 2 aliphatic heterocycles. The van der Waals surface area contributed by atoms with Gasteiger partial charge in [-0.15, -0.1) is 0 Å². The van der Waals surface area contributed by atoms with E-state index >= 15 is 0 Å². The van der Waals surface area contributed by atoms with Crippen LogP contribution in [0.5, 0.6) is 5.75 Å². The third kappa shape index (κ3) is 3.16. The van der Waals surface area contributed by atoms with E-state index in [4.69, 9.17) is 10.5 Å². The topological polar surface area (TPSA) is 123 Å². The Kier molecular flexibility index (Phi) is 4.62. The highest BCUT2D eigenvalue weighted by molar-refractivity contribution is 6.04. The summed E-state index contributed by atoms with van der Waals surface area (Å²) in [6.07, 6.45) is 0.352. The first-order valence-electron chi connectivity index (χ1n) is 9.46. The number of hydrogen-bond acceptors (Lipinski definition) is 5. The van der Waals surface area contributed by atoms with E-state index in [-0.39, 0.29) is 17.4 Å². The van der Waals surface area contributed by atoms with Crippen molar-refractivity contribution < 1.29 is 19.1 Å². The van der Waals surface area contributed by atoms with Gasteiger partial charge < -0.3 is 26.4 Å². The summed E-state index contributed by atoms with van der Waals surface area (Å²) in [4.78, 5) is 37.1. The van der Waals surface area contributed by atoms with Gasteiger partial charge in [0, 0.05) is 17.8 Å². The maximum absolute atomic E-state index is 12.9. The van der Waals surface area contributed by atoms with Gasteiger partial charge in [0.1, 0.15) is 11.8 Å². The van der Waals surface area contributed by atoms with Crippen LogP contribution in [0.2, 0.25) is 0 Å². The number of amides is 3. The van der Waals surface area contributed by atoms with Crippen molar-refractivity contribution in [1.82, 2.24) is 5.32 Å². The van der Waals surface area contributed by atoms with E-state index in [1.54, 1.807) is 13.0 Å². The Hall–Kier alpha value is -3.55. The standard InChI is InChI=1S/C21H22N4O4/c1-2-29-17-9-12(18(22)26)7-8-15(17)24-19(27)16-10-21(20(28)25-16)11-23-14-6-4-3-5-13(14)21/h3-9,16,23H,2,10-11H2,1H3,(H2,22,26)(H,24,27)(H,25,28). The normalized spacial score (nSPS) is 22.0. The van der Waals surface area contributed by atoms with E-state index in [1.807, 2.05) is 24.3 Å². The summed E-state index contributed by atoms with van der Waals surface area (Å²) in [6, 6.07) is 11.6. The molecule has 2 unspecified atom stereocenters. The first kappa shape index (κ1) is 18.8. The number of benzene rings is 2. The van der Waals surface area contributed by atoms with Gasteiger partial charge in [-0.25, -0.2) is 0 Å². The average molecular weight is 394 g/mol. The van der Waals surface area contributed by atoms with Crippen molar-refractivity contribution in [2.75, 3.05) is 23.8 Å². The molecule has 8 nitrogen and oxygen atoms in total. The average Bonchev–Trinajstić information content (AvgIpc) is 3.25. The zero-order chi connectivity index (χ0) is 20.6. The van der Waals surface area contributed by atoms with Gasteiger partial charge in [-0.05, 0) is 43.2 Å². The van der Waals surface area contributed by atoms with Gasteiger partial charge in [0.05, 0.1) is 17.7 Å². The van der Waals surface area contributed by atoms with Crippen LogP contribution in [0.15, 0.2) is 42.5 Å². The lowest BCUT2D eigenvalue weighted by molar-refractivity contribution is -0.125. The van der Waals surface area contributed by atoms with Crippen molar-refractivity contribution >= 4 is 29.1 Å².